The quantitative estimate of drug-likeness (QED) is 0.0496. The van der Waals surface area contributed by atoms with Crippen LogP contribution in [0.3, 0.4) is 0 Å². The molecule has 8 aromatic carbocycles. The van der Waals surface area contributed by atoms with E-state index in [2.05, 4.69) is 161 Å². The largest absolute Gasteiger partial charge is 0.454 e. The molecule has 0 saturated carbocycles. The molecule has 3 heteroatoms. The van der Waals surface area contributed by atoms with Crippen molar-refractivity contribution in [1.29, 1.82) is 0 Å². The van der Waals surface area contributed by atoms with Crippen molar-refractivity contribution in [3.8, 4) is 11.5 Å². The average molecular weight is 867 g/mol. The van der Waals surface area contributed by atoms with E-state index in [1.54, 1.807) is 0 Å². The first kappa shape index (κ1) is 44.9. The Labute approximate surface area is 386 Å². The molecule has 0 bridgehead atoms. The van der Waals surface area contributed by atoms with E-state index in [4.69, 9.17) is 4.74 Å². The summed E-state index contributed by atoms with van der Waals surface area (Å²) in [5, 5.41) is 10.9. The molecular weight excluding hydrogens is 801 g/mol. The normalized spacial score (nSPS) is 11.7. The highest BCUT2D eigenvalue weighted by molar-refractivity contribution is 7.99. The van der Waals surface area contributed by atoms with Gasteiger partial charge in [0.1, 0.15) is 11.5 Å². The lowest BCUT2D eigenvalue weighted by molar-refractivity contribution is 0.471. The Kier molecular flexibility index (Phi) is 15.9. The fourth-order valence-corrected chi connectivity index (χ4v) is 11.6. The summed E-state index contributed by atoms with van der Waals surface area (Å²) in [5.41, 5.74) is 5.81. The molecule has 0 spiro atoms. The second-order valence-electron chi connectivity index (χ2n) is 17.4. The molecule has 1 nitrogen and oxygen atoms in total. The molecule has 8 aromatic rings. The zero-order chi connectivity index (χ0) is 43.4. The van der Waals surface area contributed by atoms with E-state index in [0.29, 0.717) is 0 Å². The first-order valence-corrected chi connectivity index (χ1v) is 25.9. The minimum atomic E-state index is 1.01. The van der Waals surface area contributed by atoms with Crippen molar-refractivity contribution in [1.82, 2.24) is 0 Å². The summed E-state index contributed by atoms with van der Waals surface area (Å²) in [6, 6.07) is 50.1. The number of ether oxygens (including phenoxy) is 1. The Hall–Kier alpha value is -4.70. The Morgan fingerprint density at radius 2 is 0.635 bits per heavy atom. The minimum Gasteiger partial charge on any atom is -0.454 e. The summed E-state index contributed by atoms with van der Waals surface area (Å²) in [6.07, 6.45) is 18.5. The SMILES string of the molecule is CCCCCc1c2ccccc2c(CCCCC)c2c(Oc3c(Sc4ccccc4)ccc4c(CCCCC)c5ccccc5c(CCCCC)c34)c(Sc3ccccc3)ccc12. The van der Waals surface area contributed by atoms with Crippen LogP contribution in [0.5, 0.6) is 11.5 Å². The Balaban J connectivity index is 1.50. The van der Waals surface area contributed by atoms with E-state index in [-0.39, 0.29) is 0 Å². The molecule has 0 aliphatic rings. The van der Waals surface area contributed by atoms with Crippen LogP contribution < -0.4 is 4.74 Å². The van der Waals surface area contributed by atoms with Gasteiger partial charge in [-0.25, -0.2) is 0 Å². The molecule has 8 rings (SSSR count). The van der Waals surface area contributed by atoms with Crippen LogP contribution in [0.25, 0.3) is 43.1 Å². The van der Waals surface area contributed by atoms with Crippen molar-refractivity contribution in [3.05, 3.63) is 156 Å². The van der Waals surface area contributed by atoms with Gasteiger partial charge in [-0.15, -0.1) is 0 Å². The van der Waals surface area contributed by atoms with Gasteiger partial charge in [-0.2, -0.15) is 0 Å². The number of fused-ring (bicyclic) bond motifs is 4. The number of hydrogen-bond donors (Lipinski definition) is 0. The fraction of sp³-hybridized carbons (Fsp3) is 0.333. The molecule has 0 amide bonds. The third-order valence-electron chi connectivity index (χ3n) is 12.9. The van der Waals surface area contributed by atoms with Gasteiger partial charge in [-0.3, -0.25) is 0 Å². The summed E-state index contributed by atoms with van der Waals surface area (Å²) in [5.74, 6) is 2.02. The predicted octanol–water partition coefficient (Wildman–Crippen LogP) is 19.3. The number of hydrogen-bond acceptors (Lipinski definition) is 3. The van der Waals surface area contributed by atoms with E-state index >= 15 is 0 Å². The van der Waals surface area contributed by atoms with Gasteiger partial charge in [-0.05, 0) is 142 Å². The maximum absolute atomic E-state index is 8.12. The summed E-state index contributed by atoms with van der Waals surface area (Å²) in [6.45, 7) is 9.27. The number of rotatable bonds is 22. The first-order chi connectivity index (χ1) is 31.1. The molecule has 0 unspecified atom stereocenters. The highest BCUT2D eigenvalue weighted by Gasteiger charge is 2.26. The molecule has 0 saturated heterocycles. The van der Waals surface area contributed by atoms with Crippen LogP contribution in [0.4, 0.5) is 0 Å². The molecule has 0 aliphatic carbocycles. The minimum absolute atomic E-state index is 1.01. The molecule has 324 valence electrons. The molecule has 0 atom stereocenters. The van der Waals surface area contributed by atoms with E-state index in [9.17, 15) is 0 Å². The Morgan fingerprint density at radius 3 is 0.984 bits per heavy atom. The van der Waals surface area contributed by atoms with Crippen LogP contribution >= 0.6 is 23.5 Å². The van der Waals surface area contributed by atoms with Gasteiger partial charge in [0.2, 0.25) is 0 Å². The maximum atomic E-state index is 8.12. The van der Waals surface area contributed by atoms with Crippen molar-refractivity contribution in [2.75, 3.05) is 0 Å². The number of aryl methyl sites for hydroxylation is 4. The summed E-state index contributed by atoms with van der Waals surface area (Å²) < 4.78 is 8.12. The number of benzene rings is 8. The van der Waals surface area contributed by atoms with Crippen molar-refractivity contribution in [3.63, 3.8) is 0 Å². The Morgan fingerprint density at radius 1 is 0.317 bits per heavy atom. The zero-order valence-corrected chi connectivity index (χ0v) is 39.9. The Bertz CT molecular complexity index is 2560. The zero-order valence-electron chi connectivity index (χ0n) is 38.2. The highest BCUT2D eigenvalue weighted by atomic mass is 32.2. The van der Waals surface area contributed by atoms with Gasteiger partial charge < -0.3 is 4.74 Å². The van der Waals surface area contributed by atoms with Crippen molar-refractivity contribution in [2.24, 2.45) is 0 Å². The van der Waals surface area contributed by atoms with Gasteiger partial charge in [-0.1, -0.05) is 200 Å². The lowest BCUT2D eigenvalue weighted by atomic mass is 9.86. The van der Waals surface area contributed by atoms with E-state index in [1.807, 2.05) is 23.5 Å². The van der Waals surface area contributed by atoms with Crippen molar-refractivity contribution >= 4 is 66.6 Å². The second-order valence-corrected chi connectivity index (χ2v) is 19.6. The molecule has 0 heterocycles. The van der Waals surface area contributed by atoms with Crippen LogP contribution in [-0.2, 0) is 25.7 Å². The molecule has 0 fully saturated rings. The maximum Gasteiger partial charge on any atom is 0.149 e. The smallest absolute Gasteiger partial charge is 0.149 e. The van der Waals surface area contributed by atoms with Crippen LogP contribution in [0.15, 0.2) is 153 Å². The third kappa shape index (κ3) is 10.2. The van der Waals surface area contributed by atoms with E-state index < -0.39 is 0 Å². The van der Waals surface area contributed by atoms with E-state index in [0.717, 1.165) is 50.0 Å². The van der Waals surface area contributed by atoms with Crippen molar-refractivity contribution in [2.45, 2.75) is 150 Å². The van der Waals surface area contributed by atoms with Gasteiger partial charge in [0.15, 0.2) is 0 Å². The van der Waals surface area contributed by atoms with Crippen molar-refractivity contribution < 1.29 is 4.74 Å². The monoisotopic (exact) mass is 866 g/mol. The molecule has 0 aromatic heterocycles. The lowest BCUT2D eigenvalue weighted by Gasteiger charge is -2.25. The molecular formula is C60H66OS2. The van der Waals surface area contributed by atoms with Crippen LogP contribution in [0, 0.1) is 0 Å². The first-order valence-electron chi connectivity index (χ1n) is 24.3. The van der Waals surface area contributed by atoms with Crippen LogP contribution in [-0.4, -0.2) is 0 Å². The molecule has 0 radical (unpaired) electrons. The topological polar surface area (TPSA) is 9.23 Å². The summed E-state index contributed by atoms with van der Waals surface area (Å²) >= 11 is 3.68. The lowest BCUT2D eigenvalue weighted by Crippen LogP contribution is -2.03. The van der Waals surface area contributed by atoms with Gasteiger partial charge in [0, 0.05) is 20.6 Å². The van der Waals surface area contributed by atoms with Gasteiger partial charge in [0.25, 0.3) is 0 Å². The van der Waals surface area contributed by atoms with E-state index in [1.165, 1.54) is 149 Å². The predicted molar refractivity (Wildman–Crippen MR) is 277 cm³/mol. The van der Waals surface area contributed by atoms with Gasteiger partial charge >= 0.3 is 0 Å². The fourth-order valence-electron chi connectivity index (χ4n) is 9.77. The third-order valence-corrected chi connectivity index (χ3v) is 15.0. The second kappa shape index (κ2) is 22.3. The number of unbranched alkanes of at least 4 members (excludes halogenated alkanes) is 8. The summed E-state index contributed by atoms with van der Waals surface area (Å²) in [4.78, 5) is 4.78. The standard InChI is InChI=1S/C60H66OS2/c1-5-9-15-31-49-45-33-23-25-35-47(45)51(37-17-11-7-3)57-53(49)39-41-55(62-43-27-19-13-20-28-43)59(57)61-60-56(63-44-29-21-14-22-30-44)42-40-54-50(32-16-10-6-2)46-34-24-26-36-48(46)52(58(54)60)38-18-12-8-4/h13-14,19-30,33-36,39-42H,5-12,15-18,31-32,37-38H2,1-4H3. The molecule has 0 N–H and O–H groups in total. The van der Waals surface area contributed by atoms with Crippen LogP contribution in [0.1, 0.15) is 127 Å². The average Bonchev–Trinajstić information content (AvgIpc) is 3.32. The molecule has 63 heavy (non-hydrogen) atoms. The highest BCUT2D eigenvalue weighted by Crippen LogP contribution is 2.52. The van der Waals surface area contributed by atoms with Gasteiger partial charge in [0.05, 0.1) is 9.79 Å². The molecule has 0 aliphatic heterocycles. The summed E-state index contributed by atoms with van der Waals surface area (Å²) in [7, 11) is 0. The van der Waals surface area contributed by atoms with Crippen LogP contribution in [0.2, 0.25) is 0 Å².